The number of hydrogen-bond donors (Lipinski definition) is 0. The minimum atomic E-state index is -1.65. The summed E-state index contributed by atoms with van der Waals surface area (Å²) in [6.45, 7) is 4.04. The van der Waals surface area contributed by atoms with Gasteiger partial charge in [-0.25, -0.2) is 0 Å². The van der Waals surface area contributed by atoms with Crippen molar-refractivity contribution in [2.24, 2.45) is 0 Å². The highest BCUT2D eigenvalue weighted by atomic mass is 32.4. The second-order valence-corrected chi connectivity index (χ2v) is 12.1. The number of benzene rings is 1. The van der Waals surface area contributed by atoms with Gasteiger partial charge in [0, 0.05) is 23.8 Å². The summed E-state index contributed by atoms with van der Waals surface area (Å²) in [6, 6.07) is 17.6. The highest BCUT2D eigenvalue weighted by Crippen LogP contribution is 2.45. The largest absolute Gasteiger partial charge is 0.261 e. The SMILES string of the molecule is Cc1ccc(CCP(=S)(CCc2ccc(C)nc2)c2ccccc2)cn1. The van der Waals surface area contributed by atoms with E-state index in [1.54, 1.807) is 0 Å². The van der Waals surface area contributed by atoms with Crippen molar-refractivity contribution in [3.8, 4) is 0 Å². The van der Waals surface area contributed by atoms with Gasteiger partial charge in [0.15, 0.2) is 0 Å². The minimum Gasteiger partial charge on any atom is -0.261 e. The molecule has 2 aromatic heterocycles. The van der Waals surface area contributed by atoms with Gasteiger partial charge in [-0.3, -0.25) is 9.97 Å². The Morgan fingerprint density at radius 2 is 1.23 bits per heavy atom. The number of aromatic nitrogens is 2. The van der Waals surface area contributed by atoms with Crippen molar-refractivity contribution >= 4 is 23.1 Å². The molecular formula is C22H25N2PS. The Labute approximate surface area is 161 Å². The van der Waals surface area contributed by atoms with Gasteiger partial charge in [-0.05, 0) is 73.6 Å². The molecule has 26 heavy (non-hydrogen) atoms. The topological polar surface area (TPSA) is 25.8 Å². The van der Waals surface area contributed by atoms with Gasteiger partial charge in [0.05, 0.1) is 0 Å². The smallest absolute Gasteiger partial charge is 0.0372 e. The van der Waals surface area contributed by atoms with E-state index in [1.807, 2.05) is 26.2 Å². The molecule has 0 aliphatic rings. The van der Waals surface area contributed by atoms with E-state index in [0.29, 0.717) is 0 Å². The lowest BCUT2D eigenvalue weighted by Gasteiger charge is -2.23. The predicted octanol–water partition coefficient (Wildman–Crippen LogP) is 4.68. The molecule has 0 fully saturated rings. The first-order valence-electron chi connectivity index (χ1n) is 9.02. The van der Waals surface area contributed by atoms with Crippen molar-refractivity contribution in [1.29, 1.82) is 0 Å². The maximum atomic E-state index is 6.29. The van der Waals surface area contributed by atoms with Gasteiger partial charge in [-0.1, -0.05) is 54.3 Å². The summed E-state index contributed by atoms with van der Waals surface area (Å²) in [6.07, 6.45) is 8.04. The lowest BCUT2D eigenvalue weighted by atomic mass is 10.2. The van der Waals surface area contributed by atoms with Crippen LogP contribution in [0.15, 0.2) is 67.0 Å². The van der Waals surface area contributed by atoms with Crippen LogP contribution in [0.4, 0.5) is 0 Å². The van der Waals surface area contributed by atoms with Gasteiger partial charge in [0.25, 0.3) is 0 Å². The molecule has 3 aromatic rings. The fraction of sp³-hybridized carbons (Fsp3) is 0.273. The first-order valence-corrected chi connectivity index (χ1v) is 12.2. The minimum absolute atomic E-state index is 0.992. The summed E-state index contributed by atoms with van der Waals surface area (Å²) in [5.74, 6) is 0. The van der Waals surface area contributed by atoms with Crippen molar-refractivity contribution in [2.75, 3.05) is 12.3 Å². The summed E-state index contributed by atoms with van der Waals surface area (Å²) >= 11 is 6.29. The van der Waals surface area contributed by atoms with Crippen LogP contribution < -0.4 is 5.30 Å². The maximum absolute atomic E-state index is 6.29. The molecule has 2 heterocycles. The Bertz CT molecular complexity index is 821. The molecule has 0 spiro atoms. The van der Waals surface area contributed by atoms with Crippen molar-refractivity contribution < 1.29 is 0 Å². The summed E-state index contributed by atoms with van der Waals surface area (Å²) in [7, 11) is 0. The van der Waals surface area contributed by atoms with E-state index in [-0.39, 0.29) is 0 Å². The average Bonchev–Trinajstić information content (AvgIpc) is 2.68. The Morgan fingerprint density at radius 1 is 0.731 bits per heavy atom. The standard InChI is InChI=1S/C22H25N2PS/c1-18-8-10-20(16-23-18)12-14-25(26,22-6-4-3-5-7-22)15-13-21-11-9-19(2)24-17-21/h3-11,16-17H,12-15H2,1-2H3. The van der Waals surface area contributed by atoms with E-state index in [9.17, 15) is 0 Å². The van der Waals surface area contributed by atoms with Crippen LogP contribution in [0.5, 0.6) is 0 Å². The highest BCUT2D eigenvalue weighted by molar-refractivity contribution is 8.18. The lowest BCUT2D eigenvalue weighted by Crippen LogP contribution is -2.13. The van der Waals surface area contributed by atoms with E-state index >= 15 is 0 Å². The van der Waals surface area contributed by atoms with E-state index in [1.165, 1.54) is 16.4 Å². The second-order valence-electron chi connectivity index (χ2n) is 6.79. The normalized spacial score (nSPS) is 11.5. The van der Waals surface area contributed by atoms with E-state index in [4.69, 9.17) is 11.8 Å². The van der Waals surface area contributed by atoms with Crippen molar-refractivity contribution in [3.05, 3.63) is 89.5 Å². The zero-order valence-corrected chi connectivity index (χ0v) is 17.1. The van der Waals surface area contributed by atoms with Crippen LogP contribution in [0.1, 0.15) is 22.5 Å². The van der Waals surface area contributed by atoms with Gasteiger partial charge in [-0.2, -0.15) is 0 Å². The molecule has 0 atom stereocenters. The Balaban J connectivity index is 1.76. The van der Waals surface area contributed by atoms with Crippen LogP contribution >= 0.6 is 6.04 Å². The fourth-order valence-electron chi connectivity index (χ4n) is 2.98. The third kappa shape index (κ3) is 5.09. The Hall–Kier alpha value is -1.83. The van der Waals surface area contributed by atoms with E-state index < -0.39 is 6.04 Å². The number of rotatable bonds is 7. The fourth-order valence-corrected chi connectivity index (χ4v) is 6.59. The molecule has 0 saturated heterocycles. The first-order chi connectivity index (χ1) is 12.5. The Kier molecular flexibility index (Phi) is 6.34. The average molecular weight is 380 g/mol. The van der Waals surface area contributed by atoms with E-state index in [0.717, 1.165) is 36.6 Å². The molecule has 4 heteroatoms. The van der Waals surface area contributed by atoms with Crippen LogP contribution in [-0.4, -0.2) is 22.3 Å². The van der Waals surface area contributed by atoms with Crippen LogP contribution in [0.25, 0.3) is 0 Å². The molecule has 3 rings (SSSR count). The van der Waals surface area contributed by atoms with Gasteiger partial charge in [0.2, 0.25) is 0 Å². The van der Waals surface area contributed by atoms with Crippen LogP contribution in [0.2, 0.25) is 0 Å². The maximum Gasteiger partial charge on any atom is 0.0372 e. The molecule has 0 radical (unpaired) electrons. The molecule has 2 nitrogen and oxygen atoms in total. The zero-order valence-electron chi connectivity index (χ0n) is 15.4. The first kappa shape index (κ1) is 18.9. The summed E-state index contributed by atoms with van der Waals surface area (Å²) in [4.78, 5) is 8.85. The quantitative estimate of drug-likeness (QED) is 0.557. The van der Waals surface area contributed by atoms with Gasteiger partial charge >= 0.3 is 0 Å². The number of aryl methyl sites for hydroxylation is 4. The molecule has 0 aliphatic heterocycles. The third-order valence-electron chi connectivity index (χ3n) is 4.70. The van der Waals surface area contributed by atoms with Gasteiger partial charge in [0.1, 0.15) is 0 Å². The molecule has 0 saturated carbocycles. The van der Waals surface area contributed by atoms with Crippen molar-refractivity contribution in [1.82, 2.24) is 9.97 Å². The summed E-state index contributed by atoms with van der Waals surface area (Å²) < 4.78 is 0. The summed E-state index contributed by atoms with van der Waals surface area (Å²) in [5, 5.41) is 1.34. The molecule has 0 N–H and O–H groups in total. The third-order valence-corrected chi connectivity index (χ3v) is 9.55. The molecule has 0 unspecified atom stereocenters. The second kappa shape index (κ2) is 8.70. The van der Waals surface area contributed by atoms with Crippen molar-refractivity contribution in [3.63, 3.8) is 0 Å². The lowest BCUT2D eigenvalue weighted by molar-refractivity contribution is 1.06. The van der Waals surface area contributed by atoms with E-state index in [2.05, 4.69) is 64.6 Å². The molecule has 1 aromatic carbocycles. The van der Waals surface area contributed by atoms with Crippen LogP contribution in [-0.2, 0) is 24.6 Å². The highest BCUT2D eigenvalue weighted by Gasteiger charge is 2.19. The monoisotopic (exact) mass is 380 g/mol. The molecule has 0 amide bonds. The predicted molar refractivity (Wildman–Crippen MR) is 115 cm³/mol. The molecule has 0 aliphatic carbocycles. The van der Waals surface area contributed by atoms with Crippen molar-refractivity contribution in [2.45, 2.75) is 26.7 Å². The number of pyridine rings is 2. The van der Waals surface area contributed by atoms with Crippen LogP contribution in [0, 0.1) is 13.8 Å². The Morgan fingerprint density at radius 3 is 1.65 bits per heavy atom. The molecular weight excluding hydrogens is 355 g/mol. The molecule has 0 bridgehead atoms. The molecule has 134 valence electrons. The zero-order chi connectivity index (χ0) is 18.4. The number of hydrogen-bond acceptors (Lipinski definition) is 3. The van der Waals surface area contributed by atoms with Gasteiger partial charge < -0.3 is 0 Å². The van der Waals surface area contributed by atoms with Crippen LogP contribution in [0.3, 0.4) is 0 Å². The number of nitrogens with zero attached hydrogens (tertiary/aromatic N) is 2. The van der Waals surface area contributed by atoms with Gasteiger partial charge in [-0.15, -0.1) is 0 Å². The summed E-state index contributed by atoms with van der Waals surface area (Å²) in [5.41, 5.74) is 4.67.